The molecule has 1 heterocycles. The molecular formula is C10H9ClO. The van der Waals surface area contributed by atoms with Crippen LogP contribution in [0.5, 0.6) is 0 Å². The van der Waals surface area contributed by atoms with Gasteiger partial charge in [-0.25, -0.2) is 0 Å². The van der Waals surface area contributed by atoms with Crippen LogP contribution in [-0.2, 0) is 6.42 Å². The average molecular weight is 181 g/mol. The fourth-order valence-electron chi connectivity index (χ4n) is 1.39. The van der Waals surface area contributed by atoms with Crippen LogP contribution in [0.25, 0.3) is 10.8 Å². The van der Waals surface area contributed by atoms with Gasteiger partial charge in [0, 0.05) is 17.2 Å². The summed E-state index contributed by atoms with van der Waals surface area (Å²) in [5.41, 5.74) is 0. The second-order valence-corrected chi connectivity index (χ2v) is 3.12. The number of furan rings is 1. The predicted molar refractivity (Wildman–Crippen MR) is 50.6 cm³/mol. The molecule has 62 valence electrons. The molecular weight excluding hydrogens is 172 g/mol. The maximum Gasteiger partial charge on any atom is 0.112 e. The summed E-state index contributed by atoms with van der Waals surface area (Å²) in [6.45, 7) is 2.06. The van der Waals surface area contributed by atoms with E-state index in [9.17, 15) is 0 Å². The molecule has 2 heteroatoms. The van der Waals surface area contributed by atoms with Crippen LogP contribution < -0.4 is 0 Å². The highest BCUT2D eigenvalue weighted by atomic mass is 35.5. The number of fused-ring (bicyclic) bond motifs is 1. The number of rotatable bonds is 1. The molecule has 0 aliphatic rings. The molecule has 2 aromatic rings. The molecule has 0 saturated carbocycles. The monoisotopic (exact) mass is 180 g/mol. The van der Waals surface area contributed by atoms with E-state index in [0.29, 0.717) is 0 Å². The standard InChI is InChI=1S/C10H9ClO/c1-2-9-10-7(6-12-9)4-3-5-8(10)11/h3-6H,2H2,1H3. The summed E-state index contributed by atoms with van der Waals surface area (Å²) < 4.78 is 5.36. The van der Waals surface area contributed by atoms with Crippen molar-refractivity contribution in [3.63, 3.8) is 0 Å². The zero-order chi connectivity index (χ0) is 8.55. The Morgan fingerprint density at radius 3 is 3.00 bits per heavy atom. The quantitative estimate of drug-likeness (QED) is 0.653. The number of halogens is 1. The van der Waals surface area contributed by atoms with Gasteiger partial charge in [-0.3, -0.25) is 0 Å². The Bertz CT molecular complexity index is 403. The highest BCUT2D eigenvalue weighted by Gasteiger charge is 2.06. The van der Waals surface area contributed by atoms with Gasteiger partial charge in [-0.1, -0.05) is 30.7 Å². The van der Waals surface area contributed by atoms with E-state index in [1.54, 1.807) is 6.26 Å². The van der Waals surface area contributed by atoms with E-state index in [0.717, 1.165) is 28.0 Å². The van der Waals surface area contributed by atoms with Crippen LogP contribution >= 0.6 is 11.6 Å². The molecule has 0 atom stereocenters. The molecule has 0 spiro atoms. The Labute approximate surface area is 75.9 Å². The zero-order valence-corrected chi connectivity index (χ0v) is 7.56. The lowest BCUT2D eigenvalue weighted by molar-refractivity contribution is 0.522. The third kappa shape index (κ3) is 1.01. The van der Waals surface area contributed by atoms with Gasteiger partial charge in [-0.05, 0) is 6.07 Å². The van der Waals surface area contributed by atoms with Crippen LogP contribution in [0.4, 0.5) is 0 Å². The zero-order valence-electron chi connectivity index (χ0n) is 6.80. The maximum atomic E-state index is 6.02. The molecule has 0 amide bonds. The molecule has 12 heavy (non-hydrogen) atoms. The lowest BCUT2D eigenvalue weighted by Gasteiger charge is -1.94. The van der Waals surface area contributed by atoms with Crippen molar-refractivity contribution in [2.75, 3.05) is 0 Å². The number of hydrogen-bond donors (Lipinski definition) is 0. The molecule has 0 unspecified atom stereocenters. The van der Waals surface area contributed by atoms with Crippen molar-refractivity contribution in [3.8, 4) is 0 Å². The summed E-state index contributed by atoms with van der Waals surface area (Å²) in [5, 5.41) is 2.92. The molecule has 0 fully saturated rings. The predicted octanol–water partition coefficient (Wildman–Crippen LogP) is 3.65. The molecule has 0 aliphatic heterocycles. The number of hydrogen-bond acceptors (Lipinski definition) is 1. The first-order valence-corrected chi connectivity index (χ1v) is 4.35. The van der Waals surface area contributed by atoms with Gasteiger partial charge in [0.2, 0.25) is 0 Å². The smallest absolute Gasteiger partial charge is 0.112 e. The Morgan fingerprint density at radius 1 is 1.42 bits per heavy atom. The summed E-state index contributed by atoms with van der Waals surface area (Å²) in [6.07, 6.45) is 2.63. The third-order valence-corrected chi connectivity index (χ3v) is 2.29. The number of aryl methyl sites for hydroxylation is 1. The van der Waals surface area contributed by atoms with Gasteiger partial charge in [-0.2, -0.15) is 0 Å². The van der Waals surface area contributed by atoms with E-state index in [4.69, 9.17) is 16.0 Å². The van der Waals surface area contributed by atoms with Crippen LogP contribution in [0, 0.1) is 0 Å². The van der Waals surface area contributed by atoms with Crippen LogP contribution in [-0.4, -0.2) is 0 Å². The molecule has 1 aromatic heterocycles. The lowest BCUT2D eigenvalue weighted by Crippen LogP contribution is -1.75. The van der Waals surface area contributed by atoms with Crippen molar-refractivity contribution in [1.29, 1.82) is 0 Å². The highest BCUT2D eigenvalue weighted by molar-refractivity contribution is 6.35. The number of benzene rings is 1. The second-order valence-electron chi connectivity index (χ2n) is 2.72. The van der Waals surface area contributed by atoms with Crippen molar-refractivity contribution < 1.29 is 4.42 Å². The maximum absolute atomic E-state index is 6.02. The van der Waals surface area contributed by atoms with Crippen molar-refractivity contribution in [2.45, 2.75) is 13.3 Å². The van der Waals surface area contributed by atoms with Gasteiger partial charge in [-0.15, -0.1) is 0 Å². The molecule has 0 N–H and O–H groups in total. The Kier molecular flexibility index (Phi) is 1.81. The van der Waals surface area contributed by atoms with E-state index < -0.39 is 0 Å². The first kappa shape index (κ1) is 7.69. The highest BCUT2D eigenvalue weighted by Crippen LogP contribution is 2.28. The fourth-order valence-corrected chi connectivity index (χ4v) is 1.67. The van der Waals surface area contributed by atoms with Gasteiger partial charge in [0.1, 0.15) is 5.76 Å². The van der Waals surface area contributed by atoms with Gasteiger partial charge < -0.3 is 4.42 Å². The molecule has 2 rings (SSSR count). The summed E-state index contributed by atoms with van der Waals surface area (Å²) in [6, 6.07) is 5.82. The normalized spacial score (nSPS) is 10.8. The Hall–Kier alpha value is -0.950. The van der Waals surface area contributed by atoms with Crippen molar-refractivity contribution in [3.05, 3.63) is 35.2 Å². The van der Waals surface area contributed by atoms with E-state index in [-0.39, 0.29) is 0 Å². The Balaban J connectivity index is 2.83. The van der Waals surface area contributed by atoms with Crippen LogP contribution in [0.2, 0.25) is 5.02 Å². The topological polar surface area (TPSA) is 13.1 Å². The summed E-state index contributed by atoms with van der Waals surface area (Å²) in [5.74, 6) is 0.968. The molecule has 1 nitrogen and oxygen atoms in total. The fraction of sp³-hybridized carbons (Fsp3) is 0.200. The van der Waals surface area contributed by atoms with Crippen LogP contribution in [0.3, 0.4) is 0 Å². The van der Waals surface area contributed by atoms with E-state index >= 15 is 0 Å². The summed E-state index contributed by atoms with van der Waals surface area (Å²) >= 11 is 6.02. The van der Waals surface area contributed by atoms with E-state index in [1.807, 2.05) is 18.2 Å². The molecule has 0 bridgehead atoms. The van der Waals surface area contributed by atoms with E-state index in [2.05, 4.69) is 6.92 Å². The van der Waals surface area contributed by atoms with Gasteiger partial charge in [0.05, 0.1) is 11.3 Å². The van der Waals surface area contributed by atoms with E-state index in [1.165, 1.54) is 0 Å². The Morgan fingerprint density at radius 2 is 2.25 bits per heavy atom. The SMILES string of the molecule is CCc1occ2cccc(Cl)c12. The molecule has 1 aromatic carbocycles. The summed E-state index contributed by atoms with van der Waals surface area (Å²) in [4.78, 5) is 0. The van der Waals surface area contributed by atoms with Gasteiger partial charge in [0.15, 0.2) is 0 Å². The molecule has 0 saturated heterocycles. The van der Waals surface area contributed by atoms with Gasteiger partial charge in [0.25, 0.3) is 0 Å². The third-order valence-electron chi connectivity index (χ3n) is 1.97. The largest absolute Gasteiger partial charge is 0.468 e. The first-order chi connectivity index (χ1) is 5.83. The van der Waals surface area contributed by atoms with Crippen molar-refractivity contribution in [1.82, 2.24) is 0 Å². The van der Waals surface area contributed by atoms with Crippen molar-refractivity contribution >= 4 is 22.4 Å². The molecule has 0 radical (unpaired) electrons. The van der Waals surface area contributed by atoms with Crippen LogP contribution in [0.15, 0.2) is 28.9 Å². The minimum absolute atomic E-state index is 0.776. The average Bonchev–Trinajstić information content (AvgIpc) is 2.49. The minimum Gasteiger partial charge on any atom is -0.468 e. The van der Waals surface area contributed by atoms with Crippen molar-refractivity contribution in [2.24, 2.45) is 0 Å². The minimum atomic E-state index is 0.776. The first-order valence-electron chi connectivity index (χ1n) is 3.97. The lowest BCUT2D eigenvalue weighted by atomic mass is 10.1. The van der Waals surface area contributed by atoms with Gasteiger partial charge >= 0.3 is 0 Å². The summed E-state index contributed by atoms with van der Waals surface area (Å²) in [7, 11) is 0. The second kappa shape index (κ2) is 2.83. The molecule has 0 aliphatic carbocycles. The van der Waals surface area contributed by atoms with Crippen LogP contribution in [0.1, 0.15) is 12.7 Å².